The number of anilines is 1. The van der Waals surface area contributed by atoms with E-state index in [4.69, 9.17) is 10.4 Å². The molecule has 0 aliphatic carbocycles. The minimum atomic E-state index is -0.827. The Morgan fingerprint density at radius 3 is 2.83 bits per heavy atom. The Hall–Kier alpha value is -2.02. The van der Waals surface area contributed by atoms with Gasteiger partial charge in [0.05, 0.1) is 17.7 Å². The Balaban J connectivity index is 2.89. The van der Waals surface area contributed by atoms with Crippen LogP contribution in [-0.4, -0.2) is 17.1 Å². The van der Waals surface area contributed by atoms with E-state index < -0.39 is 5.97 Å². The molecule has 2 N–H and O–H groups in total. The molecule has 0 heterocycles. The molecule has 0 radical (unpaired) electrons. The van der Waals surface area contributed by atoms with Crippen molar-refractivity contribution in [1.82, 2.24) is 0 Å². The van der Waals surface area contributed by atoms with E-state index in [0.29, 0.717) is 5.56 Å². The maximum atomic E-state index is 10.8. The van der Waals surface area contributed by atoms with Crippen molar-refractivity contribution in [2.45, 2.75) is 39.2 Å². The van der Waals surface area contributed by atoms with E-state index in [1.54, 1.807) is 6.07 Å². The van der Waals surface area contributed by atoms with Crippen molar-refractivity contribution in [2.75, 3.05) is 5.32 Å². The minimum Gasteiger partial charge on any atom is -0.481 e. The summed E-state index contributed by atoms with van der Waals surface area (Å²) in [5.74, 6) is -0.827. The number of hydrogen-bond acceptors (Lipinski definition) is 3. The summed E-state index contributed by atoms with van der Waals surface area (Å²) in [6, 6.07) is 7.48. The molecule has 4 heteroatoms. The smallest absolute Gasteiger partial charge is 0.305 e. The van der Waals surface area contributed by atoms with E-state index in [9.17, 15) is 4.79 Å². The standard InChI is InChI=1S/C14H18N2O2/c1-3-4-12(8-14(17)18)16-13-7-10(2)5-6-11(13)9-15/h5-7,12,16H,3-4,8H2,1-2H3,(H,17,18). The number of benzene rings is 1. The molecule has 1 rings (SSSR count). The highest BCUT2D eigenvalue weighted by atomic mass is 16.4. The van der Waals surface area contributed by atoms with Crippen LogP contribution in [0.5, 0.6) is 0 Å². The fraction of sp³-hybridized carbons (Fsp3) is 0.429. The Morgan fingerprint density at radius 1 is 1.56 bits per heavy atom. The maximum absolute atomic E-state index is 10.8. The third-order valence-electron chi connectivity index (χ3n) is 2.71. The summed E-state index contributed by atoms with van der Waals surface area (Å²) in [6.07, 6.45) is 1.73. The lowest BCUT2D eigenvalue weighted by Crippen LogP contribution is -2.23. The number of aliphatic carboxylic acids is 1. The van der Waals surface area contributed by atoms with Crippen molar-refractivity contribution in [1.29, 1.82) is 5.26 Å². The van der Waals surface area contributed by atoms with E-state index in [-0.39, 0.29) is 12.5 Å². The highest BCUT2D eigenvalue weighted by Crippen LogP contribution is 2.19. The first-order valence-corrected chi connectivity index (χ1v) is 6.06. The van der Waals surface area contributed by atoms with Crippen molar-refractivity contribution >= 4 is 11.7 Å². The topological polar surface area (TPSA) is 73.1 Å². The molecular formula is C14H18N2O2. The van der Waals surface area contributed by atoms with Crippen LogP contribution in [0.4, 0.5) is 5.69 Å². The molecule has 96 valence electrons. The third-order valence-corrected chi connectivity index (χ3v) is 2.71. The normalized spacial score (nSPS) is 11.6. The van der Waals surface area contributed by atoms with Crippen molar-refractivity contribution in [3.63, 3.8) is 0 Å². The van der Waals surface area contributed by atoms with Crippen molar-refractivity contribution in [2.24, 2.45) is 0 Å². The summed E-state index contributed by atoms with van der Waals surface area (Å²) in [4.78, 5) is 10.8. The SMILES string of the molecule is CCCC(CC(=O)O)Nc1cc(C)ccc1C#N. The molecule has 0 aliphatic rings. The second kappa shape index (κ2) is 6.65. The highest BCUT2D eigenvalue weighted by Gasteiger charge is 2.13. The Kier molecular flexibility index (Phi) is 5.19. The first-order chi connectivity index (χ1) is 8.56. The number of hydrogen-bond donors (Lipinski definition) is 2. The largest absolute Gasteiger partial charge is 0.481 e. The average molecular weight is 246 g/mol. The van der Waals surface area contributed by atoms with Gasteiger partial charge in [-0.3, -0.25) is 4.79 Å². The van der Waals surface area contributed by atoms with Gasteiger partial charge in [0.2, 0.25) is 0 Å². The van der Waals surface area contributed by atoms with Crippen LogP contribution < -0.4 is 5.32 Å². The number of aryl methyl sites for hydroxylation is 1. The zero-order chi connectivity index (χ0) is 13.5. The second-order valence-electron chi connectivity index (χ2n) is 4.39. The van der Waals surface area contributed by atoms with Gasteiger partial charge in [0.15, 0.2) is 0 Å². The molecule has 0 fully saturated rings. The van der Waals surface area contributed by atoms with E-state index in [1.807, 2.05) is 26.0 Å². The first kappa shape index (κ1) is 14.0. The van der Waals surface area contributed by atoms with E-state index in [2.05, 4.69) is 11.4 Å². The van der Waals surface area contributed by atoms with Gasteiger partial charge in [0.1, 0.15) is 6.07 Å². The molecule has 0 amide bonds. The lowest BCUT2D eigenvalue weighted by Gasteiger charge is -2.18. The van der Waals surface area contributed by atoms with Crippen LogP contribution in [0.25, 0.3) is 0 Å². The molecule has 18 heavy (non-hydrogen) atoms. The maximum Gasteiger partial charge on any atom is 0.305 e. The number of nitrogens with zero attached hydrogens (tertiary/aromatic N) is 1. The van der Waals surface area contributed by atoms with Crippen LogP contribution in [0.1, 0.15) is 37.3 Å². The Morgan fingerprint density at radius 2 is 2.28 bits per heavy atom. The predicted octanol–water partition coefficient (Wildman–Crippen LogP) is 2.92. The summed E-state index contributed by atoms with van der Waals surface area (Å²) in [5.41, 5.74) is 2.31. The molecule has 1 aromatic rings. The lowest BCUT2D eigenvalue weighted by atomic mass is 10.1. The molecule has 0 saturated carbocycles. The van der Waals surface area contributed by atoms with Crippen molar-refractivity contribution in [3.05, 3.63) is 29.3 Å². The molecule has 0 spiro atoms. The Labute approximate surface area is 107 Å². The zero-order valence-corrected chi connectivity index (χ0v) is 10.7. The molecule has 0 aromatic heterocycles. The van der Waals surface area contributed by atoms with Gasteiger partial charge in [0, 0.05) is 6.04 Å². The van der Waals surface area contributed by atoms with Crippen LogP contribution in [0.2, 0.25) is 0 Å². The van der Waals surface area contributed by atoms with E-state index in [1.165, 1.54) is 0 Å². The number of carbonyl (C=O) groups is 1. The summed E-state index contributed by atoms with van der Waals surface area (Å²) in [6.45, 7) is 3.95. The summed E-state index contributed by atoms with van der Waals surface area (Å²) in [5, 5.41) is 21.1. The monoisotopic (exact) mass is 246 g/mol. The third kappa shape index (κ3) is 4.10. The van der Waals surface area contributed by atoms with Crippen LogP contribution in [0.15, 0.2) is 18.2 Å². The number of carboxylic acids is 1. The highest BCUT2D eigenvalue weighted by molar-refractivity contribution is 5.69. The van der Waals surface area contributed by atoms with Gasteiger partial charge in [-0.05, 0) is 31.0 Å². The van der Waals surface area contributed by atoms with Crippen molar-refractivity contribution in [3.8, 4) is 6.07 Å². The first-order valence-electron chi connectivity index (χ1n) is 6.06. The lowest BCUT2D eigenvalue weighted by molar-refractivity contribution is -0.137. The number of rotatable bonds is 6. The molecule has 0 saturated heterocycles. The van der Waals surface area contributed by atoms with E-state index >= 15 is 0 Å². The fourth-order valence-corrected chi connectivity index (χ4v) is 1.88. The zero-order valence-electron chi connectivity index (χ0n) is 10.7. The van der Waals surface area contributed by atoms with Crippen molar-refractivity contribution < 1.29 is 9.90 Å². The minimum absolute atomic E-state index is 0.0622. The fourth-order valence-electron chi connectivity index (χ4n) is 1.88. The molecule has 0 aliphatic heterocycles. The molecule has 1 unspecified atom stereocenters. The number of carboxylic acid groups (broad SMARTS) is 1. The summed E-state index contributed by atoms with van der Waals surface area (Å²) < 4.78 is 0. The van der Waals surface area contributed by atoms with Gasteiger partial charge in [-0.15, -0.1) is 0 Å². The van der Waals surface area contributed by atoms with E-state index in [0.717, 1.165) is 24.1 Å². The Bertz CT molecular complexity index is 463. The number of nitrogens with one attached hydrogen (secondary N) is 1. The summed E-state index contributed by atoms with van der Waals surface area (Å²) >= 11 is 0. The van der Waals surface area contributed by atoms with Crippen LogP contribution in [0.3, 0.4) is 0 Å². The quantitative estimate of drug-likeness (QED) is 0.809. The molecule has 4 nitrogen and oxygen atoms in total. The van der Waals surface area contributed by atoms with Gasteiger partial charge in [0.25, 0.3) is 0 Å². The second-order valence-corrected chi connectivity index (χ2v) is 4.39. The van der Waals surface area contributed by atoms with Gasteiger partial charge in [-0.25, -0.2) is 0 Å². The average Bonchev–Trinajstić information content (AvgIpc) is 2.28. The van der Waals surface area contributed by atoms with Gasteiger partial charge in [-0.1, -0.05) is 19.4 Å². The van der Waals surface area contributed by atoms with Crippen LogP contribution in [-0.2, 0) is 4.79 Å². The molecule has 0 bridgehead atoms. The van der Waals surface area contributed by atoms with Gasteiger partial charge < -0.3 is 10.4 Å². The van der Waals surface area contributed by atoms with Crippen LogP contribution >= 0.6 is 0 Å². The van der Waals surface area contributed by atoms with Gasteiger partial charge in [-0.2, -0.15) is 5.26 Å². The molecule has 1 aromatic carbocycles. The molecule has 1 atom stereocenters. The van der Waals surface area contributed by atoms with Crippen LogP contribution in [0, 0.1) is 18.3 Å². The predicted molar refractivity (Wildman–Crippen MR) is 70.5 cm³/mol. The van der Waals surface area contributed by atoms with Gasteiger partial charge >= 0.3 is 5.97 Å². The summed E-state index contributed by atoms with van der Waals surface area (Å²) in [7, 11) is 0. The molecular weight excluding hydrogens is 228 g/mol. The number of nitriles is 1.